The second-order valence-corrected chi connectivity index (χ2v) is 21.5. The van der Waals surface area contributed by atoms with Crippen molar-refractivity contribution in [3.8, 4) is 51.7 Å². The van der Waals surface area contributed by atoms with Gasteiger partial charge in [0.2, 0.25) is 0 Å². The third kappa shape index (κ3) is 13.4. The molecule has 444 valence electrons. The highest BCUT2D eigenvalue weighted by atomic mass is 16.6. The van der Waals surface area contributed by atoms with Gasteiger partial charge in [-0.15, -0.1) is 0 Å². The van der Waals surface area contributed by atoms with Gasteiger partial charge >= 0.3 is 17.9 Å². The second-order valence-electron chi connectivity index (χ2n) is 21.5. The van der Waals surface area contributed by atoms with Crippen molar-refractivity contribution in [2.45, 2.75) is 19.3 Å². The smallest absolute Gasteiger partial charge is 0.343 e. The van der Waals surface area contributed by atoms with Crippen molar-refractivity contribution in [1.29, 1.82) is 0 Å². The molecule has 0 aliphatic heterocycles. The normalized spacial score (nSPS) is 11.2. The predicted octanol–water partition coefficient (Wildman–Crippen LogP) is 17.8. The van der Waals surface area contributed by atoms with Gasteiger partial charge in [0.25, 0.3) is 0 Å². The number of benzene rings is 13. The first-order valence-electron chi connectivity index (χ1n) is 29.9. The van der Waals surface area contributed by atoms with Crippen molar-refractivity contribution >= 4 is 82.5 Å². The maximum Gasteiger partial charge on any atom is 0.343 e. The average Bonchev–Trinajstić information content (AvgIpc) is 1.26. The number of rotatable bonds is 24. The van der Waals surface area contributed by atoms with E-state index in [2.05, 4.69) is 91.0 Å². The van der Waals surface area contributed by atoms with Crippen LogP contribution in [0.4, 0.5) is 0 Å². The predicted molar refractivity (Wildman–Crippen MR) is 352 cm³/mol. The largest absolute Gasteiger partial charge is 0.493 e. The number of hydrogen-bond acceptors (Lipinski definition) is 12. The van der Waals surface area contributed by atoms with Crippen LogP contribution in [-0.2, 0) is 0 Å². The van der Waals surface area contributed by atoms with Crippen LogP contribution in [0, 0.1) is 0 Å². The molecule has 0 fully saturated rings. The second kappa shape index (κ2) is 27.1. The number of esters is 3. The highest BCUT2D eigenvalue weighted by molar-refractivity contribution is 6.07. The van der Waals surface area contributed by atoms with Gasteiger partial charge in [-0.1, -0.05) is 146 Å². The summed E-state index contributed by atoms with van der Waals surface area (Å²) >= 11 is 0. The zero-order valence-electron chi connectivity index (χ0n) is 49.0. The van der Waals surface area contributed by atoms with Gasteiger partial charge in [0, 0.05) is 69.8 Å². The lowest BCUT2D eigenvalue weighted by Crippen LogP contribution is -2.12. The molecule has 0 saturated heterocycles. The van der Waals surface area contributed by atoms with Crippen LogP contribution in [0.3, 0.4) is 0 Å². The van der Waals surface area contributed by atoms with Crippen LogP contribution in [0.15, 0.2) is 255 Å². The molecule has 13 rings (SSSR count). The summed E-state index contributed by atoms with van der Waals surface area (Å²) in [6.07, 6.45) is 1.83. The van der Waals surface area contributed by atoms with Crippen molar-refractivity contribution in [3.63, 3.8) is 0 Å². The Kier molecular flexibility index (Phi) is 17.4. The Morgan fingerprint density at radius 3 is 0.667 bits per heavy atom. The van der Waals surface area contributed by atoms with Gasteiger partial charge in [0.05, 0.1) is 56.3 Å². The molecule has 0 N–H and O–H groups in total. The monoisotopic (exact) mass is 1190 g/mol. The topological polar surface area (TPSA) is 134 Å². The first kappa shape index (κ1) is 57.7. The maximum atomic E-state index is 13.7. The molecule has 90 heavy (non-hydrogen) atoms. The summed E-state index contributed by atoms with van der Waals surface area (Å²) in [7, 11) is 0. The van der Waals surface area contributed by atoms with E-state index in [0.29, 0.717) is 76.2 Å². The summed E-state index contributed by atoms with van der Waals surface area (Å²) in [6, 6.07) is 79.3. The third-order valence-corrected chi connectivity index (χ3v) is 15.3. The van der Waals surface area contributed by atoms with Crippen molar-refractivity contribution in [2.24, 2.45) is 0 Å². The molecular formula is C78H60O12. The molecule has 0 aliphatic carbocycles. The summed E-state index contributed by atoms with van der Waals surface area (Å²) in [5.74, 6) is 1.90. The van der Waals surface area contributed by atoms with Crippen LogP contribution in [0.2, 0.25) is 0 Å². The van der Waals surface area contributed by atoms with Crippen LogP contribution < -0.4 is 42.6 Å². The Morgan fingerprint density at radius 1 is 0.222 bits per heavy atom. The molecule has 0 bridgehead atoms. The van der Waals surface area contributed by atoms with Crippen molar-refractivity contribution < 1.29 is 57.0 Å². The lowest BCUT2D eigenvalue weighted by atomic mass is 10.0. The van der Waals surface area contributed by atoms with E-state index in [1.165, 1.54) is 18.2 Å². The molecule has 0 radical (unpaired) electrons. The summed E-state index contributed by atoms with van der Waals surface area (Å²) in [6.45, 7) is 2.42. The van der Waals surface area contributed by atoms with Gasteiger partial charge in [-0.05, 0) is 123 Å². The van der Waals surface area contributed by atoms with E-state index in [1.54, 1.807) is 72.8 Å². The number of carbonyl (C=O) groups excluding carboxylic acids is 3. The Labute approximate surface area is 519 Å². The minimum Gasteiger partial charge on any atom is -0.493 e. The van der Waals surface area contributed by atoms with Crippen LogP contribution in [0.5, 0.6) is 51.7 Å². The van der Waals surface area contributed by atoms with Gasteiger partial charge in [-0.2, -0.15) is 0 Å². The highest BCUT2D eigenvalue weighted by Gasteiger charge is 2.19. The molecular weight excluding hydrogens is 1130 g/mol. The summed E-state index contributed by atoms with van der Waals surface area (Å²) in [5, 5.41) is 12.9. The maximum absolute atomic E-state index is 13.7. The van der Waals surface area contributed by atoms with Crippen molar-refractivity contribution in [1.82, 2.24) is 0 Å². The third-order valence-electron chi connectivity index (χ3n) is 15.3. The molecule has 0 aliphatic rings. The Hall–Kier alpha value is -11.4. The quantitative estimate of drug-likeness (QED) is 0.0247. The Morgan fingerprint density at radius 2 is 0.433 bits per heavy atom. The van der Waals surface area contributed by atoms with Crippen LogP contribution in [0.1, 0.15) is 50.3 Å². The molecule has 0 spiro atoms. The van der Waals surface area contributed by atoms with Gasteiger partial charge in [0.1, 0.15) is 51.7 Å². The van der Waals surface area contributed by atoms with Crippen LogP contribution in [0.25, 0.3) is 64.6 Å². The molecule has 12 nitrogen and oxygen atoms in total. The summed E-state index contributed by atoms with van der Waals surface area (Å²) in [4.78, 5) is 41.2. The first-order chi connectivity index (χ1) is 44.3. The highest BCUT2D eigenvalue weighted by Crippen LogP contribution is 2.38. The number of fused-ring (bicyclic) bond motifs is 6. The molecule has 0 unspecified atom stereocenters. The van der Waals surface area contributed by atoms with Gasteiger partial charge in [0.15, 0.2) is 0 Å². The zero-order valence-corrected chi connectivity index (χ0v) is 49.0. The molecule has 0 saturated carbocycles. The molecule has 13 aromatic rings. The zero-order chi connectivity index (χ0) is 61.0. The molecule has 12 heteroatoms. The minimum atomic E-state index is -0.716. The fraction of sp³-hybridized carbons (Fsp3) is 0.115. The van der Waals surface area contributed by atoms with E-state index in [1.807, 2.05) is 72.8 Å². The van der Waals surface area contributed by atoms with E-state index in [9.17, 15) is 14.4 Å². The SMILES string of the molecule is O=C(Oc1cc(OC(=O)c2ccc(OCCCOc3c4ccccc4cc4ccccc34)cc2)cc(OC(=O)c2ccc(OCCCOc3c4ccccc4cc4ccccc34)cc2)c1)c1ccc(OCCCOc2c3ccccc3cc3ccccc23)cc1. The van der Waals surface area contributed by atoms with Crippen molar-refractivity contribution in [2.75, 3.05) is 39.6 Å². The van der Waals surface area contributed by atoms with Crippen LogP contribution in [-0.4, -0.2) is 57.5 Å². The molecule has 0 amide bonds. The van der Waals surface area contributed by atoms with Crippen molar-refractivity contribution in [3.05, 3.63) is 271 Å². The molecule has 13 aromatic carbocycles. The Balaban J connectivity index is 0.636. The van der Waals surface area contributed by atoms with Crippen LogP contribution >= 0.6 is 0 Å². The minimum absolute atomic E-state index is 0.0462. The fourth-order valence-electron chi connectivity index (χ4n) is 10.9. The standard InChI is InChI=1S/C78H60O12/c79-76(52-28-34-61(35-29-52)82-40-13-43-85-73-67-22-7-1-16-55(67)46-56-17-2-8-23-68(56)73)88-64-49-65(89-77(80)53-30-36-62(37-31-53)83-41-14-44-86-74-69-24-9-3-18-57(69)47-58-19-4-10-25-70(58)74)51-66(50-64)90-78(81)54-32-38-63(39-33-54)84-42-15-45-87-75-71-26-11-5-20-59(71)48-60-21-6-12-27-72(60)75/h1-12,16-39,46-51H,13-15,40-45H2. The van der Waals surface area contributed by atoms with E-state index in [-0.39, 0.29) is 33.9 Å². The van der Waals surface area contributed by atoms with Gasteiger partial charge in [-0.25, -0.2) is 14.4 Å². The fourth-order valence-corrected chi connectivity index (χ4v) is 10.9. The van der Waals surface area contributed by atoms with E-state index in [0.717, 1.165) is 81.9 Å². The summed E-state index contributed by atoms with van der Waals surface area (Å²) < 4.78 is 54.8. The summed E-state index contributed by atoms with van der Waals surface area (Å²) in [5.41, 5.74) is 0.656. The Bertz CT molecular complexity index is 4080. The lowest BCUT2D eigenvalue weighted by molar-refractivity contribution is 0.0730. The van der Waals surface area contributed by atoms with Gasteiger partial charge in [-0.3, -0.25) is 0 Å². The van der Waals surface area contributed by atoms with E-state index in [4.69, 9.17) is 42.6 Å². The van der Waals surface area contributed by atoms with E-state index >= 15 is 0 Å². The number of hydrogen-bond donors (Lipinski definition) is 0. The number of carbonyl (C=O) groups is 3. The molecule has 0 heterocycles. The molecule has 0 atom stereocenters. The van der Waals surface area contributed by atoms with E-state index < -0.39 is 17.9 Å². The lowest BCUT2D eigenvalue weighted by Gasteiger charge is -2.14. The molecule has 0 aromatic heterocycles. The number of ether oxygens (including phenoxy) is 9. The first-order valence-corrected chi connectivity index (χ1v) is 29.9. The van der Waals surface area contributed by atoms with Gasteiger partial charge < -0.3 is 42.6 Å². The average molecular weight is 1190 g/mol.